The first kappa shape index (κ1) is 32.1. The first-order valence-electron chi connectivity index (χ1n) is 15.6. The molecule has 1 heterocycles. The van der Waals surface area contributed by atoms with Crippen molar-refractivity contribution < 1.29 is 14.4 Å². The Labute approximate surface area is 284 Å². The number of fused-ring (bicyclic) bond motifs is 1. The molecule has 0 bridgehead atoms. The summed E-state index contributed by atoms with van der Waals surface area (Å²) in [4.78, 5) is 39.1. The van der Waals surface area contributed by atoms with E-state index in [0.29, 0.717) is 57.4 Å². The molecule has 5 aromatic rings. The predicted octanol–water partition coefficient (Wildman–Crippen LogP) is 8.13. The van der Waals surface area contributed by atoms with Crippen LogP contribution in [0, 0.1) is 0 Å². The molecule has 0 saturated heterocycles. The van der Waals surface area contributed by atoms with Gasteiger partial charge in [-0.1, -0.05) is 90.5 Å². The summed E-state index contributed by atoms with van der Waals surface area (Å²) in [7, 11) is 0. The zero-order valence-electron chi connectivity index (χ0n) is 26.2. The molecule has 0 fully saturated rings. The van der Waals surface area contributed by atoms with Crippen molar-refractivity contribution in [2.24, 2.45) is 0 Å². The Morgan fingerprint density at radius 2 is 1.46 bits per heavy atom. The minimum atomic E-state index is -0.368. The Hall–Kier alpha value is -5.86. The summed E-state index contributed by atoms with van der Waals surface area (Å²) in [6.07, 6.45) is 0.660. The molecule has 5 aromatic carbocycles. The van der Waals surface area contributed by atoms with Crippen LogP contribution in [0.25, 0.3) is 11.3 Å². The molecular formula is C39H34ClN5O3. The minimum absolute atomic E-state index is 0.181. The van der Waals surface area contributed by atoms with Crippen LogP contribution >= 0.6 is 11.6 Å². The summed E-state index contributed by atoms with van der Waals surface area (Å²) >= 11 is 6.00. The summed E-state index contributed by atoms with van der Waals surface area (Å²) in [6, 6.07) is 38.7. The molecule has 0 radical (unpaired) electrons. The normalized spacial score (nSPS) is 13.5. The first-order valence-corrected chi connectivity index (χ1v) is 16.0. The van der Waals surface area contributed by atoms with Gasteiger partial charge in [-0.2, -0.15) is 0 Å². The molecule has 9 heteroatoms. The molecule has 0 aliphatic carbocycles. The predicted molar refractivity (Wildman–Crippen MR) is 193 cm³/mol. The summed E-state index contributed by atoms with van der Waals surface area (Å²) in [5.74, 6) is -0.458. The van der Waals surface area contributed by atoms with Crippen LogP contribution in [0.3, 0.4) is 0 Å². The van der Waals surface area contributed by atoms with E-state index in [1.807, 2.05) is 91.9 Å². The summed E-state index contributed by atoms with van der Waals surface area (Å²) in [5, 5.41) is 15.7. The highest BCUT2D eigenvalue weighted by Crippen LogP contribution is 2.37. The Morgan fingerprint density at radius 1 is 0.750 bits per heavy atom. The van der Waals surface area contributed by atoms with Crippen LogP contribution in [0.4, 0.5) is 21.9 Å². The third-order valence-electron chi connectivity index (χ3n) is 8.00. The van der Waals surface area contributed by atoms with Crippen LogP contribution in [0.5, 0.6) is 0 Å². The van der Waals surface area contributed by atoms with Crippen molar-refractivity contribution in [2.75, 3.05) is 22.5 Å². The highest BCUT2D eigenvalue weighted by Gasteiger charge is 2.29. The van der Waals surface area contributed by atoms with Gasteiger partial charge in [-0.3, -0.25) is 9.59 Å². The van der Waals surface area contributed by atoms with Gasteiger partial charge in [0.25, 0.3) is 11.8 Å². The lowest BCUT2D eigenvalue weighted by Gasteiger charge is -2.16. The summed E-state index contributed by atoms with van der Waals surface area (Å²) < 4.78 is 0. The number of rotatable bonds is 10. The number of carbonyl (C=O) groups is 3. The number of benzene rings is 5. The maximum atomic E-state index is 13.4. The van der Waals surface area contributed by atoms with Crippen molar-refractivity contribution in [2.45, 2.75) is 19.4 Å². The molecule has 0 spiro atoms. The number of halogens is 1. The molecule has 240 valence electrons. The van der Waals surface area contributed by atoms with Crippen LogP contribution in [0.1, 0.15) is 45.6 Å². The van der Waals surface area contributed by atoms with Gasteiger partial charge in [-0.15, -0.1) is 0 Å². The van der Waals surface area contributed by atoms with Gasteiger partial charge in [0, 0.05) is 39.8 Å². The van der Waals surface area contributed by atoms with E-state index < -0.39 is 0 Å². The highest BCUT2D eigenvalue weighted by atomic mass is 35.5. The zero-order valence-corrected chi connectivity index (χ0v) is 27.0. The van der Waals surface area contributed by atoms with Gasteiger partial charge >= 0.3 is 6.03 Å². The van der Waals surface area contributed by atoms with Gasteiger partial charge in [0.2, 0.25) is 0 Å². The van der Waals surface area contributed by atoms with E-state index in [4.69, 9.17) is 11.6 Å². The smallest absolute Gasteiger partial charge is 0.323 e. The fourth-order valence-corrected chi connectivity index (χ4v) is 5.74. The van der Waals surface area contributed by atoms with Crippen molar-refractivity contribution in [1.82, 2.24) is 10.6 Å². The zero-order chi connectivity index (χ0) is 33.5. The molecule has 48 heavy (non-hydrogen) atoms. The molecule has 1 atom stereocenters. The molecular weight excluding hydrogens is 622 g/mol. The number of hydrogen-bond donors (Lipinski definition) is 5. The number of urea groups is 1. The Balaban J connectivity index is 1.16. The molecule has 0 aromatic heterocycles. The third-order valence-corrected chi connectivity index (χ3v) is 8.23. The van der Waals surface area contributed by atoms with E-state index in [0.717, 1.165) is 16.7 Å². The molecule has 1 aliphatic heterocycles. The lowest BCUT2D eigenvalue weighted by molar-refractivity contribution is -0.110. The van der Waals surface area contributed by atoms with Crippen molar-refractivity contribution in [3.05, 3.63) is 160 Å². The molecule has 0 unspecified atom stereocenters. The number of nitrogens with one attached hydrogen (secondary N) is 5. The maximum absolute atomic E-state index is 13.4. The van der Waals surface area contributed by atoms with Crippen LogP contribution in [0.2, 0.25) is 5.02 Å². The Kier molecular flexibility index (Phi) is 9.83. The van der Waals surface area contributed by atoms with Crippen molar-refractivity contribution in [3.63, 3.8) is 0 Å². The highest BCUT2D eigenvalue weighted by molar-refractivity contribution is 6.37. The van der Waals surface area contributed by atoms with Gasteiger partial charge < -0.3 is 26.6 Å². The summed E-state index contributed by atoms with van der Waals surface area (Å²) in [6.45, 7) is 2.48. The van der Waals surface area contributed by atoms with E-state index in [1.54, 1.807) is 42.5 Å². The number of carbonyl (C=O) groups excluding carboxylic acids is 3. The second-order valence-electron chi connectivity index (χ2n) is 11.4. The van der Waals surface area contributed by atoms with E-state index in [2.05, 4.69) is 26.6 Å². The SMILES string of the molecule is C[C@@H](NC(=O)c1ccc2c(c1)C(=C(NCCc1ccc(NC(=O)Nc3cccc(Cl)c3)cc1)c1ccccc1)C(=O)N2)c1ccccc1. The topological polar surface area (TPSA) is 111 Å². The fraction of sp³-hybridized carbons (Fsp3) is 0.103. The lowest BCUT2D eigenvalue weighted by atomic mass is 9.98. The van der Waals surface area contributed by atoms with Gasteiger partial charge in [0.1, 0.15) is 0 Å². The van der Waals surface area contributed by atoms with E-state index in [1.165, 1.54) is 0 Å². The fourth-order valence-electron chi connectivity index (χ4n) is 5.55. The van der Waals surface area contributed by atoms with E-state index in [9.17, 15) is 14.4 Å². The third kappa shape index (κ3) is 7.74. The molecule has 6 rings (SSSR count). The Bertz CT molecular complexity index is 1980. The van der Waals surface area contributed by atoms with Crippen LogP contribution in [0.15, 0.2) is 127 Å². The standard InChI is InChI=1S/C39H34ClN5O3/c1-25(27-9-4-2-5-10-27)42-37(46)29-17-20-34-33(23-29)35(38(47)45-34)36(28-11-6-3-7-12-28)41-22-21-26-15-18-31(19-16-26)43-39(48)44-32-14-8-13-30(40)24-32/h2-20,23-25,41H,21-22H2,1H3,(H,42,46)(H,45,47)(H2,43,44,48)/t25-/m1/s1. The van der Waals surface area contributed by atoms with Gasteiger partial charge in [-0.05, 0) is 78.6 Å². The van der Waals surface area contributed by atoms with Gasteiger partial charge in [-0.25, -0.2) is 4.79 Å². The average molecular weight is 656 g/mol. The maximum Gasteiger partial charge on any atom is 0.323 e. The molecule has 4 amide bonds. The lowest BCUT2D eigenvalue weighted by Crippen LogP contribution is -2.26. The molecule has 5 N–H and O–H groups in total. The van der Waals surface area contributed by atoms with Gasteiger partial charge in [0.05, 0.1) is 17.3 Å². The second kappa shape index (κ2) is 14.7. The van der Waals surface area contributed by atoms with Crippen molar-refractivity contribution >= 4 is 57.8 Å². The average Bonchev–Trinajstić information content (AvgIpc) is 3.42. The molecule has 1 aliphatic rings. The minimum Gasteiger partial charge on any atom is -0.384 e. The second-order valence-corrected chi connectivity index (χ2v) is 11.8. The van der Waals surface area contributed by atoms with Crippen LogP contribution in [-0.4, -0.2) is 24.4 Å². The van der Waals surface area contributed by atoms with Crippen molar-refractivity contribution in [3.8, 4) is 0 Å². The van der Waals surface area contributed by atoms with E-state index in [-0.39, 0.29) is 23.9 Å². The summed E-state index contributed by atoms with van der Waals surface area (Å²) in [5.41, 5.74) is 7.09. The van der Waals surface area contributed by atoms with Gasteiger partial charge in [0.15, 0.2) is 0 Å². The van der Waals surface area contributed by atoms with Crippen LogP contribution < -0.4 is 26.6 Å². The van der Waals surface area contributed by atoms with E-state index >= 15 is 0 Å². The number of anilines is 3. The largest absolute Gasteiger partial charge is 0.384 e. The number of hydrogen-bond acceptors (Lipinski definition) is 4. The first-order chi connectivity index (χ1) is 23.3. The molecule has 0 saturated carbocycles. The molecule has 8 nitrogen and oxygen atoms in total. The monoisotopic (exact) mass is 655 g/mol. The van der Waals surface area contributed by atoms with Crippen molar-refractivity contribution in [1.29, 1.82) is 0 Å². The number of amides is 4. The quantitative estimate of drug-likeness (QED) is 0.0979. The van der Waals surface area contributed by atoms with Crippen LogP contribution in [-0.2, 0) is 11.2 Å². The Morgan fingerprint density at radius 3 is 2.19 bits per heavy atom.